The molecule has 1 aromatic carbocycles. The smallest absolute Gasteiger partial charge is 0.233 e. The highest BCUT2D eigenvalue weighted by Gasteiger charge is 2.21. The van der Waals surface area contributed by atoms with Gasteiger partial charge in [-0.25, -0.2) is 4.39 Å². The molecule has 0 aromatic heterocycles. The lowest BCUT2D eigenvalue weighted by Gasteiger charge is -2.28. The van der Waals surface area contributed by atoms with Gasteiger partial charge >= 0.3 is 0 Å². The fraction of sp³-hybridized carbons (Fsp3) is 0.588. The number of amides is 1. The normalized spacial score (nSPS) is 22.5. The zero-order valence-corrected chi connectivity index (χ0v) is 14.2. The van der Waals surface area contributed by atoms with Crippen LogP contribution >= 0.6 is 0 Å². The van der Waals surface area contributed by atoms with Crippen molar-refractivity contribution in [1.29, 1.82) is 0 Å². The molecule has 1 aliphatic carbocycles. The van der Waals surface area contributed by atoms with Crippen molar-refractivity contribution < 1.29 is 18.1 Å². The molecule has 1 amide bonds. The van der Waals surface area contributed by atoms with E-state index >= 15 is 0 Å². The molecule has 0 unspecified atom stereocenters. The summed E-state index contributed by atoms with van der Waals surface area (Å²) in [5.74, 6) is -0.359. The molecule has 0 saturated heterocycles. The number of carbonyl (C=O) groups is 1. The zero-order chi connectivity index (χ0) is 16.7. The van der Waals surface area contributed by atoms with Gasteiger partial charge < -0.3 is 10.1 Å². The van der Waals surface area contributed by atoms with Gasteiger partial charge in [0, 0.05) is 11.4 Å². The Labute approximate surface area is 139 Å². The number of nitrogens with one attached hydrogen (secondary N) is 1. The summed E-state index contributed by atoms with van der Waals surface area (Å²) in [7, 11) is -1.53. The molecule has 0 heterocycles. The van der Waals surface area contributed by atoms with Crippen LogP contribution in [0.5, 0.6) is 0 Å². The second-order valence-electron chi connectivity index (χ2n) is 5.97. The molecule has 0 bridgehead atoms. The standard InChI is InChI=1S/C17H24FNO3S/c1-13-5-2-3-8-16(13)22-10-9-19-17(20)12-23(21)15-7-4-6-14(18)11-15/h4,6-7,11,13,16H,2-3,5,8-10,12H2,1H3,(H,19,20)/t13-,16-,23-/m1/s1. The Morgan fingerprint density at radius 3 is 2.91 bits per heavy atom. The first-order valence-electron chi connectivity index (χ1n) is 8.08. The SMILES string of the molecule is C[C@@H]1CCCC[C@H]1OCCNC(=O)C[S@@](=O)c1cccc(F)c1. The van der Waals surface area contributed by atoms with E-state index in [2.05, 4.69) is 12.2 Å². The van der Waals surface area contributed by atoms with E-state index in [4.69, 9.17) is 4.74 Å². The highest BCUT2D eigenvalue weighted by atomic mass is 32.2. The molecule has 2 rings (SSSR count). The average Bonchev–Trinajstić information content (AvgIpc) is 2.53. The second kappa shape index (κ2) is 9.13. The predicted octanol–water partition coefficient (Wildman–Crippen LogP) is 2.64. The van der Waals surface area contributed by atoms with Crippen LogP contribution in [0.1, 0.15) is 32.6 Å². The Hall–Kier alpha value is -1.27. The monoisotopic (exact) mass is 341 g/mol. The predicted molar refractivity (Wildman–Crippen MR) is 88.1 cm³/mol. The number of benzene rings is 1. The first-order chi connectivity index (χ1) is 11.1. The van der Waals surface area contributed by atoms with E-state index in [9.17, 15) is 13.4 Å². The van der Waals surface area contributed by atoms with Crippen LogP contribution in [-0.2, 0) is 20.3 Å². The Balaban J connectivity index is 1.66. The number of carbonyl (C=O) groups excluding carboxylic acids is 1. The molecule has 0 spiro atoms. The molecule has 1 saturated carbocycles. The third-order valence-corrected chi connectivity index (χ3v) is 5.41. The van der Waals surface area contributed by atoms with Gasteiger partial charge in [0.15, 0.2) is 0 Å². The van der Waals surface area contributed by atoms with Gasteiger partial charge in [0.1, 0.15) is 11.6 Å². The number of rotatable bonds is 7. The summed E-state index contributed by atoms with van der Waals surface area (Å²) in [6.45, 7) is 3.07. The van der Waals surface area contributed by atoms with Crippen molar-refractivity contribution in [3.05, 3.63) is 30.1 Å². The molecule has 23 heavy (non-hydrogen) atoms. The highest BCUT2D eigenvalue weighted by molar-refractivity contribution is 7.85. The van der Waals surface area contributed by atoms with Crippen molar-refractivity contribution >= 4 is 16.7 Å². The van der Waals surface area contributed by atoms with Crippen molar-refractivity contribution in [2.75, 3.05) is 18.9 Å². The van der Waals surface area contributed by atoms with E-state index in [0.29, 0.717) is 24.0 Å². The highest BCUT2D eigenvalue weighted by Crippen LogP contribution is 2.25. The van der Waals surface area contributed by atoms with Crippen molar-refractivity contribution in [2.24, 2.45) is 5.92 Å². The van der Waals surface area contributed by atoms with Crippen LogP contribution in [-0.4, -0.2) is 35.1 Å². The van der Waals surface area contributed by atoms with Crippen LogP contribution in [0.15, 0.2) is 29.2 Å². The maximum atomic E-state index is 13.1. The third kappa shape index (κ3) is 6.03. The summed E-state index contributed by atoms with van der Waals surface area (Å²) < 4.78 is 30.9. The molecule has 1 aliphatic rings. The van der Waals surface area contributed by atoms with E-state index < -0.39 is 16.6 Å². The number of hydrogen-bond donors (Lipinski definition) is 1. The Morgan fingerprint density at radius 2 is 2.17 bits per heavy atom. The summed E-state index contributed by atoms with van der Waals surface area (Å²) in [6, 6.07) is 5.51. The van der Waals surface area contributed by atoms with Gasteiger partial charge in [-0.2, -0.15) is 0 Å². The first-order valence-corrected chi connectivity index (χ1v) is 9.40. The Bertz CT molecular complexity index is 552. The molecule has 128 valence electrons. The van der Waals surface area contributed by atoms with Crippen LogP contribution in [0.4, 0.5) is 4.39 Å². The number of hydrogen-bond acceptors (Lipinski definition) is 3. The van der Waals surface area contributed by atoms with Crippen LogP contribution in [0, 0.1) is 11.7 Å². The Morgan fingerprint density at radius 1 is 1.39 bits per heavy atom. The number of ether oxygens (including phenoxy) is 1. The van der Waals surface area contributed by atoms with E-state index in [1.165, 1.54) is 37.5 Å². The number of halogens is 1. The van der Waals surface area contributed by atoms with E-state index in [1.54, 1.807) is 6.07 Å². The zero-order valence-electron chi connectivity index (χ0n) is 13.4. The quantitative estimate of drug-likeness (QED) is 0.776. The minimum absolute atomic E-state index is 0.163. The molecular formula is C17H24FNO3S. The summed E-state index contributed by atoms with van der Waals surface area (Å²) in [4.78, 5) is 12.1. The third-order valence-electron chi connectivity index (χ3n) is 4.11. The van der Waals surface area contributed by atoms with Gasteiger partial charge in [-0.1, -0.05) is 25.8 Å². The summed E-state index contributed by atoms with van der Waals surface area (Å²) in [5.41, 5.74) is 0. The van der Waals surface area contributed by atoms with Gasteiger partial charge in [-0.05, 0) is 37.0 Å². The van der Waals surface area contributed by atoms with Gasteiger partial charge in [0.25, 0.3) is 0 Å². The fourth-order valence-corrected chi connectivity index (χ4v) is 3.77. The van der Waals surface area contributed by atoms with Gasteiger partial charge in [-0.15, -0.1) is 0 Å². The molecule has 3 atom stereocenters. The van der Waals surface area contributed by atoms with Crippen LogP contribution in [0.25, 0.3) is 0 Å². The van der Waals surface area contributed by atoms with E-state index in [0.717, 1.165) is 6.42 Å². The largest absolute Gasteiger partial charge is 0.376 e. The lowest BCUT2D eigenvalue weighted by Crippen LogP contribution is -2.33. The second-order valence-corrected chi connectivity index (χ2v) is 7.42. The van der Waals surface area contributed by atoms with Gasteiger partial charge in [-0.3, -0.25) is 9.00 Å². The minimum Gasteiger partial charge on any atom is -0.376 e. The molecular weight excluding hydrogens is 317 g/mol. The topological polar surface area (TPSA) is 55.4 Å². The lowest BCUT2D eigenvalue weighted by atomic mass is 9.88. The minimum atomic E-state index is -1.53. The van der Waals surface area contributed by atoms with E-state index in [1.807, 2.05) is 0 Å². The molecule has 6 heteroatoms. The Kier molecular flexibility index (Phi) is 7.17. The summed E-state index contributed by atoms with van der Waals surface area (Å²) in [5, 5.41) is 2.70. The van der Waals surface area contributed by atoms with Gasteiger partial charge in [0.2, 0.25) is 5.91 Å². The van der Waals surface area contributed by atoms with Crippen molar-refractivity contribution in [1.82, 2.24) is 5.32 Å². The molecule has 1 N–H and O–H groups in total. The van der Waals surface area contributed by atoms with Crippen LogP contribution in [0.2, 0.25) is 0 Å². The van der Waals surface area contributed by atoms with Crippen molar-refractivity contribution in [3.8, 4) is 0 Å². The average molecular weight is 341 g/mol. The lowest BCUT2D eigenvalue weighted by molar-refractivity contribution is -0.119. The summed E-state index contributed by atoms with van der Waals surface area (Å²) >= 11 is 0. The summed E-state index contributed by atoms with van der Waals surface area (Å²) in [6.07, 6.45) is 5.03. The molecule has 4 nitrogen and oxygen atoms in total. The maximum Gasteiger partial charge on any atom is 0.233 e. The van der Waals surface area contributed by atoms with Crippen LogP contribution < -0.4 is 5.32 Å². The van der Waals surface area contributed by atoms with Gasteiger partial charge in [0.05, 0.1) is 23.5 Å². The van der Waals surface area contributed by atoms with Crippen molar-refractivity contribution in [3.63, 3.8) is 0 Å². The fourth-order valence-electron chi connectivity index (χ4n) is 2.79. The first kappa shape index (κ1) is 18.1. The van der Waals surface area contributed by atoms with E-state index in [-0.39, 0.29) is 17.8 Å². The molecule has 1 fully saturated rings. The molecule has 0 radical (unpaired) electrons. The maximum absolute atomic E-state index is 13.1. The van der Waals surface area contributed by atoms with Crippen LogP contribution in [0.3, 0.4) is 0 Å². The van der Waals surface area contributed by atoms with Crippen molar-refractivity contribution in [2.45, 2.75) is 43.6 Å². The molecule has 1 aromatic rings. The molecule has 0 aliphatic heterocycles.